The molecule has 0 radical (unpaired) electrons. The van der Waals surface area contributed by atoms with Gasteiger partial charge in [0, 0.05) is 19.7 Å². The summed E-state index contributed by atoms with van der Waals surface area (Å²) in [6.07, 6.45) is 0.329. The molecular weight excluding hydrogens is 336 g/mol. The minimum Gasteiger partial charge on any atom is -0.384 e. The Morgan fingerprint density at radius 2 is 1.88 bits per heavy atom. The van der Waals surface area contributed by atoms with Gasteiger partial charge in [0.1, 0.15) is 23.0 Å². The number of imidazole rings is 2. The van der Waals surface area contributed by atoms with Crippen molar-refractivity contribution < 1.29 is 0 Å². The summed E-state index contributed by atoms with van der Waals surface area (Å²) in [5.74, 6) is 1.14. The summed E-state index contributed by atoms with van der Waals surface area (Å²) in [5.41, 5.74) is 7.35. The van der Waals surface area contributed by atoms with E-state index in [-0.39, 0.29) is 11.4 Å². The summed E-state index contributed by atoms with van der Waals surface area (Å²) >= 11 is 0. The number of nitrogens with two attached hydrogens (primary N) is 1. The second-order valence-corrected chi connectivity index (χ2v) is 6.09. The Bertz CT molecular complexity index is 1300. The third-order valence-electron chi connectivity index (χ3n) is 4.32. The van der Waals surface area contributed by atoms with E-state index in [1.165, 1.54) is 11.6 Å². The van der Waals surface area contributed by atoms with Crippen LogP contribution in [0.1, 0.15) is 17.2 Å². The predicted octanol–water partition coefficient (Wildman–Crippen LogP) is -0.289. The highest BCUT2D eigenvalue weighted by atomic mass is 16.2. The van der Waals surface area contributed by atoms with Crippen molar-refractivity contribution in [3.63, 3.8) is 0 Å². The molecule has 1 aromatic carbocycles. The summed E-state index contributed by atoms with van der Waals surface area (Å²) < 4.78 is 2.36. The van der Waals surface area contributed by atoms with Crippen LogP contribution in [0.25, 0.3) is 22.2 Å². The Hall–Kier alpha value is -3.69. The summed E-state index contributed by atoms with van der Waals surface area (Å²) in [5, 5.41) is 7.50. The van der Waals surface area contributed by atoms with Gasteiger partial charge in [-0.25, -0.2) is 14.8 Å². The van der Waals surface area contributed by atoms with Crippen LogP contribution in [0.2, 0.25) is 0 Å². The standard InChI is InChI=1S/C16H16N8O2/c1-23-14-12(15(25)24(2)16(23)26)21-11(22-14)6-10-19-8-4-3-7(13(17)18)5-9(8)20-10/h3-5H,6H2,1-2H3,(H3,17,18)(H,19,20)(H,21,22). The summed E-state index contributed by atoms with van der Waals surface area (Å²) in [6.45, 7) is 0. The molecular formula is C16H16N8O2. The highest BCUT2D eigenvalue weighted by molar-refractivity contribution is 5.97. The van der Waals surface area contributed by atoms with Gasteiger partial charge in [-0.15, -0.1) is 0 Å². The van der Waals surface area contributed by atoms with Crippen molar-refractivity contribution in [1.82, 2.24) is 29.1 Å². The molecule has 4 aromatic rings. The number of nitrogens with zero attached hydrogens (tertiary/aromatic N) is 4. The molecule has 0 atom stereocenters. The van der Waals surface area contributed by atoms with Crippen molar-refractivity contribution >= 4 is 28.0 Å². The van der Waals surface area contributed by atoms with E-state index in [4.69, 9.17) is 11.1 Å². The lowest BCUT2D eigenvalue weighted by Crippen LogP contribution is -2.36. The fourth-order valence-electron chi connectivity index (χ4n) is 2.93. The van der Waals surface area contributed by atoms with E-state index < -0.39 is 11.2 Å². The SMILES string of the molecule is Cn1c(=O)c2[nH]c(Cc3nc4ccc(C(=N)N)cc4[nH]3)nc2n(C)c1=O. The van der Waals surface area contributed by atoms with Crippen LogP contribution in [-0.4, -0.2) is 34.9 Å². The van der Waals surface area contributed by atoms with Gasteiger partial charge in [-0.2, -0.15) is 0 Å². The highest BCUT2D eigenvalue weighted by Gasteiger charge is 2.15. The summed E-state index contributed by atoms with van der Waals surface area (Å²) in [7, 11) is 3.00. The van der Waals surface area contributed by atoms with Crippen molar-refractivity contribution in [2.75, 3.05) is 0 Å². The van der Waals surface area contributed by atoms with E-state index in [1.54, 1.807) is 25.2 Å². The Morgan fingerprint density at radius 3 is 2.62 bits per heavy atom. The number of nitrogens with one attached hydrogen (secondary N) is 3. The van der Waals surface area contributed by atoms with Crippen LogP contribution in [0.15, 0.2) is 27.8 Å². The average Bonchev–Trinajstić information content (AvgIpc) is 3.21. The Morgan fingerprint density at radius 1 is 1.15 bits per heavy atom. The van der Waals surface area contributed by atoms with E-state index >= 15 is 0 Å². The lowest BCUT2D eigenvalue weighted by atomic mass is 10.2. The highest BCUT2D eigenvalue weighted by Crippen LogP contribution is 2.15. The largest absolute Gasteiger partial charge is 0.384 e. The number of hydrogen-bond acceptors (Lipinski definition) is 5. The smallest absolute Gasteiger partial charge is 0.332 e. The number of hydrogen-bond donors (Lipinski definition) is 4. The van der Waals surface area contributed by atoms with Gasteiger partial charge in [0.05, 0.1) is 17.5 Å². The molecule has 132 valence electrons. The zero-order chi connectivity index (χ0) is 18.6. The van der Waals surface area contributed by atoms with Gasteiger partial charge >= 0.3 is 5.69 Å². The molecule has 0 saturated heterocycles. The number of H-pyrrole nitrogens is 2. The topological polar surface area (TPSA) is 151 Å². The second kappa shape index (κ2) is 5.41. The number of aryl methyl sites for hydroxylation is 1. The molecule has 10 nitrogen and oxygen atoms in total. The Balaban J connectivity index is 1.78. The normalized spacial score (nSPS) is 11.5. The van der Waals surface area contributed by atoms with Crippen molar-refractivity contribution in [1.29, 1.82) is 5.41 Å². The number of nitrogen functional groups attached to an aromatic ring is 1. The molecule has 10 heteroatoms. The first-order valence-electron chi connectivity index (χ1n) is 7.83. The molecule has 0 fully saturated rings. The molecule has 0 aliphatic rings. The molecule has 0 spiro atoms. The molecule has 26 heavy (non-hydrogen) atoms. The third-order valence-corrected chi connectivity index (χ3v) is 4.32. The van der Waals surface area contributed by atoms with Gasteiger partial charge in [0.2, 0.25) is 0 Å². The molecule has 0 amide bonds. The first-order chi connectivity index (χ1) is 12.3. The zero-order valence-corrected chi connectivity index (χ0v) is 14.1. The Kier molecular flexibility index (Phi) is 3.29. The van der Waals surface area contributed by atoms with E-state index in [0.29, 0.717) is 29.3 Å². The average molecular weight is 352 g/mol. The van der Waals surface area contributed by atoms with Crippen LogP contribution in [0.4, 0.5) is 0 Å². The number of aromatic amines is 2. The molecule has 5 N–H and O–H groups in total. The lowest BCUT2D eigenvalue weighted by Gasteiger charge is -2.00. The van der Waals surface area contributed by atoms with Gasteiger partial charge in [-0.1, -0.05) is 0 Å². The second-order valence-electron chi connectivity index (χ2n) is 6.09. The predicted molar refractivity (Wildman–Crippen MR) is 96.5 cm³/mol. The van der Waals surface area contributed by atoms with E-state index in [0.717, 1.165) is 15.6 Å². The van der Waals surface area contributed by atoms with Crippen molar-refractivity contribution in [3.05, 3.63) is 56.2 Å². The molecule has 3 aromatic heterocycles. The number of fused-ring (bicyclic) bond motifs is 2. The van der Waals surface area contributed by atoms with Crippen LogP contribution >= 0.6 is 0 Å². The number of aromatic nitrogens is 6. The van der Waals surface area contributed by atoms with Crippen LogP contribution in [0.5, 0.6) is 0 Å². The maximum Gasteiger partial charge on any atom is 0.332 e. The maximum absolute atomic E-state index is 12.2. The van der Waals surface area contributed by atoms with Gasteiger partial charge in [-0.3, -0.25) is 19.3 Å². The zero-order valence-electron chi connectivity index (χ0n) is 14.1. The molecule has 0 aliphatic carbocycles. The molecule has 0 saturated carbocycles. The Labute approximate surface area is 145 Å². The van der Waals surface area contributed by atoms with Gasteiger partial charge in [0.15, 0.2) is 5.65 Å². The summed E-state index contributed by atoms with van der Waals surface area (Å²) in [6, 6.07) is 5.27. The van der Waals surface area contributed by atoms with Gasteiger partial charge < -0.3 is 15.7 Å². The van der Waals surface area contributed by atoms with E-state index in [9.17, 15) is 9.59 Å². The molecule has 0 aliphatic heterocycles. The summed E-state index contributed by atoms with van der Waals surface area (Å²) in [4.78, 5) is 39.2. The lowest BCUT2D eigenvalue weighted by molar-refractivity contribution is 0.708. The quantitative estimate of drug-likeness (QED) is 0.295. The number of rotatable bonds is 3. The number of amidine groups is 1. The van der Waals surface area contributed by atoms with Gasteiger partial charge in [-0.05, 0) is 18.2 Å². The third kappa shape index (κ3) is 2.31. The first-order valence-corrected chi connectivity index (χ1v) is 7.83. The van der Waals surface area contributed by atoms with Gasteiger partial charge in [0.25, 0.3) is 5.56 Å². The van der Waals surface area contributed by atoms with E-state index in [2.05, 4.69) is 19.9 Å². The van der Waals surface area contributed by atoms with Crippen LogP contribution < -0.4 is 17.0 Å². The molecule has 4 rings (SSSR count). The molecule has 0 bridgehead atoms. The van der Waals surface area contributed by atoms with Crippen molar-refractivity contribution in [3.8, 4) is 0 Å². The monoisotopic (exact) mass is 352 g/mol. The van der Waals surface area contributed by atoms with E-state index in [1.807, 2.05) is 0 Å². The molecule has 3 heterocycles. The van der Waals surface area contributed by atoms with Crippen molar-refractivity contribution in [2.24, 2.45) is 19.8 Å². The van der Waals surface area contributed by atoms with Crippen LogP contribution in [0.3, 0.4) is 0 Å². The fraction of sp³-hybridized carbons (Fsp3) is 0.188. The van der Waals surface area contributed by atoms with Crippen LogP contribution in [0, 0.1) is 5.41 Å². The minimum atomic E-state index is -0.430. The fourth-order valence-corrected chi connectivity index (χ4v) is 2.93. The van der Waals surface area contributed by atoms with Crippen LogP contribution in [-0.2, 0) is 20.5 Å². The minimum absolute atomic E-state index is 0.0166. The first kappa shape index (κ1) is 15.8. The maximum atomic E-state index is 12.2. The molecule has 0 unspecified atom stereocenters. The van der Waals surface area contributed by atoms with Crippen molar-refractivity contribution in [2.45, 2.75) is 6.42 Å². The number of benzene rings is 1.